The molecule has 0 spiro atoms. The van der Waals surface area contributed by atoms with Gasteiger partial charge in [-0.3, -0.25) is 4.90 Å². The van der Waals surface area contributed by atoms with Gasteiger partial charge in [0.2, 0.25) is 0 Å². The molecule has 1 aliphatic rings. The van der Waals surface area contributed by atoms with Gasteiger partial charge in [0.05, 0.1) is 6.61 Å². The summed E-state index contributed by atoms with van der Waals surface area (Å²) in [5.74, 6) is -0.455. The minimum atomic E-state index is -1.10. The van der Waals surface area contributed by atoms with Gasteiger partial charge in [-0.1, -0.05) is 30.3 Å². The van der Waals surface area contributed by atoms with E-state index in [0.29, 0.717) is 13.0 Å². The Labute approximate surface area is 98.6 Å². The van der Waals surface area contributed by atoms with E-state index in [9.17, 15) is 9.59 Å². The van der Waals surface area contributed by atoms with Crippen molar-refractivity contribution in [3.8, 4) is 0 Å². The van der Waals surface area contributed by atoms with Crippen molar-refractivity contribution in [1.29, 1.82) is 0 Å². The van der Waals surface area contributed by atoms with Crippen molar-refractivity contribution in [1.82, 2.24) is 4.90 Å². The Morgan fingerprint density at radius 3 is 2.65 bits per heavy atom. The Kier molecular flexibility index (Phi) is 3.27. The van der Waals surface area contributed by atoms with Gasteiger partial charge >= 0.3 is 12.1 Å². The molecular formula is C12H13NO4. The topological polar surface area (TPSA) is 66.8 Å². The van der Waals surface area contributed by atoms with Crippen LogP contribution in [0.2, 0.25) is 0 Å². The van der Waals surface area contributed by atoms with Crippen LogP contribution in [0.3, 0.4) is 0 Å². The summed E-state index contributed by atoms with van der Waals surface area (Å²) in [7, 11) is 0. The number of carbonyl (C=O) groups is 2. The zero-order valence-electron chi connectivity index (χ0n) is 9.20. The van der Waals surface area contributed by atoms with Crippen molar-refractivity contribution < 1.29 is 19.4 Å². The number of amides is 1. The lowest BCUT2D eigenvalue weighted by atomic mass is 10.1. The van der Waals surface area contributed by atoms with E-state index in [4.69, 9.17) is 9.84 Å². The van der Waals surface area contributed by atoms with Gasteiger partial charge < -0.3 is 9.84 Å². The van der Waals surface area contributed by atoms with Gasteiger partial charge in [0.25, 0.3) is 0 Å². The second kappa shape index (κ2) is 4.86. The maximum Gasteiger partial charge on any atom is 0.408 e. The number of hydrogen-bond donors (Lipinski definition) is 1. The number of esters is 1. The fourth-order valence-corrected chi connectivity index (χ4v) is 1.86. The molecule has 0 unspecified atom stereocenters. The molecule has 0 saturated carbocycles. The quantitative estimate of drug-likeness (QED) is 0.806. The zero-order valence-corrected chi connectivity index (χ0v) is 9.20. The van der Waals surface area contributed by atoms with E-state index in [1.165, 1.54) is 0 Å². The molecular weight excluding hydrogens is 222 g/mol. The molecule has 1 amide bonds. The van der Waals surface area contributed by atoms with Crippen LogP contribution in [0, 0.1) is 0 Å². The van der Waals surface area contributed by atoms with Gasteiger partial charge in [-0.05, 0) is 5.56 Å². The smallest absolute Gasteiger partial charge is 0.408 e. The molecule has 0 radical (unpaired) electrons. The van der Waals surface area contributed by atoms with E-state index in [2.05, 4.69) is 0 Å². The van der Waals surface area contributed by atoms with Crippen LogP contribution in [-0.4, -0.2) is 34.7 Å². The second-order valence-corrected chi connectivity index (χ2v) is 3.87. The summed E-state index contributed by atoms with van der Waals surface area (Å²) in [4.78, 5) is 23.7. The van der Waals surface area contributed by atoms with E-state index < -0.39 is 18.1 Å². The van der Waals surface area contributed by atoms with Gasteiger partial charge in [-0.25, -0.2) is 9.59 Å². The molecule has 1 atom stereocenters. The van der Waals surface area contributed by atoms with E-state index >= 15 is 0 Å². The lowest BCUT2D eigenvalue weighted by Gasteiger charge is -2.23. The Morgan fingerprint density at radius 2 is 2.12 bits per heavy atom. The monoisotopic (exact) mass is 235 g/mol. The SMILES string of the molecule is O=C1OCC[C@H]1N(Cc1ccccc1)C(=O)O. The first-order valence-electron chi connectivity index (χ1n) is 5.38. The molecule has 1 fully saturated rings. The number of hydrogen-bond acceptors (Lipinski definition) is 3. The van der Waals surface area contributed by atoms with Crippen molar-refractivity contribution in [2.24, 2.45) is 0 Å². The van der Waals surface area contributed by atoms with Crippen molar-refractivity contribution >= 4 is 12.1 Å². The van der Waals surface area contributed by atoms with Gasteiger partial charge in [0.15, 0.2) is 0 Å². The van der Waals surface area contributed by atoms with Gasteiger partial charge in [0.1, 0.15) is 6.04 Å². The Hall–Kier alpha value is -2.04. The normalized spacial score (nSPS) is 18.8. The third kappa shape index (κ3) is 2.55. The van der Waals surface area contributed by atoms with Crippen LogP contribution >= 0.6 is 0 Å². The lowest BCUT2D eigenvalue weighted by Crippen LogP contribution is -2.41. The lowest BCUT2D eigenvalue weighted by molar-refractivity contribution is -0.142. The summed E-state index contributed by atoms with van der Waals surface area (Å²) >= 11 is 0. The summed E-state index contributed by atoms with van der Waals surface area (Å²) < 4.78 is 4.79. The number of ether oxygens (including phenoxy) is 1. The van der Waals surface area contributed by atoms with Crippen LogP contribution in [0.5, 0.6) is 0 Å². The number of carbonyl (C=O) groups excluding carboxylic acids is 1. The fourth-order valence-electron chi connectivity index (χ4n) is 1.86. The Morgan fingerprint density at radius 1 is 1.41 bits per heavy atom. The number of cyclic esters (lactones) is 1. The minimum absolute atomic E-state index is 0.204. The minimum Gasteiger partial charge on any atom is -0.465 e. The number of rotatable bonds is 3. The highest BCUT2D eigenvalue weighted by atomic mass is 16.5. The van der Waals surface area contributed by atoms with E-state index in [1.54, 1.807) is 0 Å². The first-order chi connectivity index (χ1) is 8.18. The molecule has 0 bridgehead atoms. The van der Waals surface area contributed by atoms with Crippen LogP contribution < -0.4 is 0 Å². The predicted octanol–water partition coefficient (Wildman–Crippen LogP) is 1.48. The van der Waals surface area contributed by atoms with Crippen molar-refractivity contribution in [3.05, 3.63) is 35.9 Å². The molecule has 0 aliphatic carbocycles. The number of nitrogens with zero attached hydrogens (tertiary/aromatic N) is 1. The molecule has 1 aromatic rings. The van der Waals surface area contributed by atoms with Crippen molar-refractivity contribution in [2.75, 3.05) is 6.61 Å². The first-order valence-corrected chi connectivity index (χ1v) is 5.38. The average molecular weight is 235 g/mol. The maximum absolute atomic E-state index is 11.4. The zero-order chi connectivity index (χ0) is 12.3. The summed E-state index contributed by atoms with van der Waals surface area (Å²) in [5, 5.41) is 9.13. The van der Waals surface area contributed by atoms with E-state index in [-0.39, 0.29) is 6.54 Å². The molecule has 1 aromatic carbocycles. The summed E-state index contributed by atoms with van der Waals surface area (Å²) in [5.41, 5.74) is 0.856. The van der Waals surface area contributed by atoms with Crippen LogP contribution in [0.4, 0.5) is 4.79 Å². The van der Waals surface area contributed by atoms with Crippen LogP contribution in [0.1, 0.15) is 12.0 Å². The van der Waals surface area contributed by atoms with Gasteiger partial charge in [-0.15, -0.1) is 0 Å². The third-order valence-corrected chi connectivity index (χ3v) is 2.73. The molecule has 1 heterocycles. The van der Waals surface area contributed by atoms with Crippen molar-refractivity contribution in [2.45, 2.75) is 19.0 Å². The fraction of sp³-hybridized carbons (Fsp3) is 0.333. The molecule has 5 heteroatoms. The molecule has 2 rings (SSSR count). The van der Waals surface area contributed by atoms with Crippen LogP contribution in [-0.2, 0) is 16.1 Å². The highest BCUT2D eigenvalue weighted by molar-refractivity contribution is 5.82. The molecule has 5 nitrogen and oxygen atoms in total. The molecule has 0 aromatic heterocycles. The third-order valence-electron chi connectivity index (χ3n) is 2.73. The summed E-state index contributed by atoms with van der Waals surface area (Å²) in [6.45, 7) is 0.498. The second-order valence-electron chi connectivity index (χ2n) is 3.87. The highest BCUT2D eigenvalue weighted by Crippen LogP contribution is 2.17. The number of carboxylic acid groups (broad SMARTS) is 1. The van der Waals surface area contributed by atoms with E-state index in [0.717, 1.165) is 10.5 Å². The average Bonchev–Trinajstić information content (AvgIpc) is 2.73. The molecule has 17 heavy (non-hydrogen) atoms. The standard InChI is InChI=1S/C12H13NO4/c14-11-10(6-7-17-11)13(12(15)16)8-9-4-2-1-3-5-9/h1-5,10H,6-8H2,(H,15,16)/t10-/m1/s1. The largest absolute Gasteiger partial charge is 0.465 e. The molecule has 1 saturated heterocycles. The Bertz CT molecular complexity index is 418. The predicted molar refractivity (Wildman–Crippen MR) is 59.4 cm³/mol. The maximum atomic E-state index is 11.4. The van der Waals surface area contributed by atoms with Crippen LogP contribution in [0.15, 0.2) is 30.3 Å². The van der Waals surface area contributed by atoms with Crippen molar-refractivity contribution in [3.63, 3.8) is 0 Å². The first kappa shape index (κ1) is 11.4. The Balaban J connectivity index is 2.13. The van der Waals surface area contributed by atoms with Crippen LogP contribution in [0.25, 0.3) is 0 Å². The summed E-state index contributed by atoms with van der Waals surface area (Å²) in [6, 6.07) is 8.52. The van der Waals surface area contributed by atoms with E-state index in [1.807, 2.05) is 30.3 Å². The molecule has 1 aliphatic heterocycles. The molecule has 1 N–H and O–H groups in total. The summed E-state index contributed by atoms with van der Waals surface area (Å²) in [6.07, 6.45) is -0.671. The van der Waals surface area contributed by atoms with Gasteiger partial charge in [-0.2, -0.15) is 0 Å². The number of benzene rings is 1. The van der Waals surface area contributed by atoms with Gasteiger partial charge in [0, 0.05) is 13.0 Å². The molecule has 90 valence electrons. The highest BCUT2D eigenvalue weighted by Gasteiger charge is 2.35.